The van der Waals surface area contributed by atoms with Crippen LogP contribution < -0.4 is 14.4 Å². The summed E-state index contributed by atoms with van der Waals surface area (Å²) in [5, 5.41) is 0. The fraction of sp³-hybridized carbons (Fsp3) is 0.381. The van der Waals surface area contributed by atoms with E-state index in [1.807, 2.05) is 23.1 Å². The Bertz CT molecular complexity index is 813. The van der Waals surface area contributed by atoms with Gasteiger partial charge in [0.15, 0.2) is 6.61 Å². The molecule has 5 nitrogen and oxygen atoms in total. The highest BCUT2D eigenvalue weighted by atomic mass is 32.2. The third kappa shape index (κ3) is 6.84. The Balaban J connectivity index is 1.32. The highest BCUT2D eigenvalue weighted by molar-refractivity contribution is 7.97. The number of piperazine rings is 1. The first kappa shape index (κ1) is 22.3. The first-order valence-electron chi connectivity index (χ1n) is 9.65. The molecule has 1 heterocycles. The van der Waals surface area contributed by atoms with E-state index in [1.165, 1.54) is 24.1 Å². The van der Waals surface area contributed by atoms with Crippen molar-refractivity contribution in [2.24, 2.45) is 0 Å². The zero-order valence-corrected chi connectivity index (χ0v) is 17.2. The monoisotopic (exact) mass is 439 g/mol. The molecule has 0 saturated carbocycles. The number of anilines is 1. The molecule has 162 valence electrons. The topological polar surface area (TPSA) is 44.8 Å². The van der Waals surface area contributed by atoms with E-state index in [4.69, 9.17) is 4.74 Å². The summed E-state index contributed by atoms with van der Waals surface area (Å²) in [6.45, 7) is 3.63. The van der Waals surface area contributed by atoms with Crippen LogP contribution in [-0.2, 0) is 11.0 Å². The van der Waals surface area contributed by atoms with Gasteiger partial charge in [0.1, 0.15) is 5.75 Å². The molecule has 1 fully saturated rings. The smallest absolute Gasteiger partial charge is 0.416 e. The zero-order valence-electron chi connectivity index (χ0n) is 16.4. The van der Waals surface area contributed by atoms with Crippen LogP contribution in [0.15, 0.2) is 54.6 Å². The number of benzene rings is 2. The van der Waals surface area contributed by atoms with Crippen molar-refractivity contribution >= 4 is 23.5 Å². The molecule has 0 aliphatic carbocycles. The van der Waals surface area contributed by atoms with Crippen LogP contribution >= 0.6 is 11.9 Å². The highest BCUT2D eigenvalue weighted by Crippen LogP contribution is 2.31. The van der Waals surface area contributed by atoms with Crippen LogP contribution in [0.2, 0.25) is 0 Å². The maximum Gasteiger partial charge on any atom is 0.416 e. The number of para-hydroxylation sites is 1. The molecule has 1 amide bonds. The van der Waals surface area contributed by atoms with Gasteiger partial charge in [-0.1, -0.05) is 24.3 Å². The molecule has 0 aromatic heterocycles. The summed E-state index contributed by atoms with van der Waals surface area (Å²) in [6.07, 6.45) is -4.33. The summed E-state index contributed by atoms with van der Waals surface area (Å²) in [5.74, 6) is 1.18. The number of nitrogens with one attached hydrogen (secondary N) is 1. The molecule has 0 unspecified atom stereocenters. The fourth-order valence-electron chi connectivity index (χ4n) is 3.11. The van der Waals surface area contributed by atoms with Crippen molar-refractivity contribution in [2.75, 3.05) is 50.0 Å². The van der Waals surface area contributed by atoms with Gasteiger partial charge < -0.3 is 9.64 Å². The lowest BCUT2D eigenvalue weighted by atomic mass is 10.1. The zero-order chi connectivity index (χ0) is 21.4. The van der Waals surface area contributed by atoms with Crippen molar-refractivity contribution in [1.82, 2.24) is 9.62 Å². The van der Waals surface area contributed by atoms with Crippen molar-refractivity contribution in [3.05, 3.63) is 60.2 Å². The Morgan fingerprint density at radius 2 is 1.77 bits per heavy atom. The largest absolute Gasteiger partial charge is 0.484 e. The molecule has 1 aliphatic heterocycles. The number of amides is 1. The van der Waals surface area contributed by atoms with Gasteiger partial charge in [-0.25, -0.2) is 0 Å². The van der Waals surface area contributed by atoms with Crippen LogP contribution in [0.25, 0.3) is 0 Å². The minimum Gasteiger partial charge on any atom is -0.484 e. The molecule has 0 bridgehead atoms. The third-order valence-electron chi connectivity index (χ3n) is 4.72. The molecular formula is C21H24F3N3O2S. The van der Waals surface area contributed by atoms with E-state index in [0.29, 0.717) is 24.5 Å². The molecule has 3 rings (SSSR count). The van der Waals surface area contributed by atoms with Gasteiger partial charge in [0.25, 0.3) is 5.91 Å². The van der Waals surface area contributed by atoms with E-state index < -0.39 is 11.7 Å². The first-order valence-corrected chi connectivity index (χ1v) is 10.6. The number of carbonyl (C=O) groups is 1. The van der Waals surface area contributed by atoms with Crippen molar-refractivity contribution < 1.29 is 22.7 Å². The molecule has 1 N–H and O–H groups in total. The summed E-state index contributed by atoms with van der Waals surface area (Å²) in [4.78, 5) is 16.0. The standard InChI is InChI=1S/C21H24F3N3O2S/c22-21(23,24)17-5-4-6-18(15-17)27-11-9-26(10-12-27)13-14-30-25-20(28)16-29-19-7-2-1-3-8-19/h1-8,15H,9-14,16H2,(H,25,28). The minimum atomic E-state index is -4.33. The Labute approximate surface area is 178 Å². The van der Waals surface area contributed by atoms with Gasteiger partial charge >= 0.3 is 6.18 Å². The summed E-state index contributed by atoms with van der Waals surface area (Å²) in [7, 11) is 0. The molecule has 0 atom stereocenters. The van der Waals surface area contributed by atoms with Gasteiger partial charge in [-0.3, -0.25) is 14.4 Å². The van der Waals surface area contributed by atoms with Crippen LogP contribution in [0, 0.1) is 0 Å². The lowest BCUT2D eigenvalue weighted by Crippen LogP contribution is -2.47. The number of carbonyl (C=O) groups excluding carboxylic acids is 1. The molecule has 2 aromatic carbocycles. The molecule has 1 saturated heterocycles. The maximum atomic E-state index is 12.9. The van der Waals surface area contributed by atoms with E-state index in [1.54, 1.807) is 18.2 Å². The summed E-state index contributed by atoms with van der Waals surface area (Å²) in [6, 6.07) is 14.6. The van der Waals surface area contributed by atoms with Gasteiger partial charge in [0, 0.05) is 44.2 Å². The SMILES string of the molecule is O=C(COc1ccccc1)NSCCN1CCN(c2cccc(C(F)(F)F)c2)CC1. The van der Waals surface area contributed by atoms with Crippen LogP contribution in [0.5, 0.6) is 5.75 Å². The van der Waals surface area contributed by atoms with Gasteiger partial charge in [-0.15, -0.1) is 0 Å². The number of ether oxygens (including phenoxy) is 1. The van der Waals surface area contributed by atoms with Crippen LogP contribution in [0.4, 0.5) is 18.9 Å². The molecule has 0 spiro atoms. The summed E-state index contributed by atoms with van der Waals surface area (Å²) >= 11 is 1.33. The minimum absolute atomic E-state index is 0.0350. The predicted octanol–water partition coefficient (Wildman–Crippen LogP) is 3.67. The Morgan fingerprint density at radius 3 is 2.47 bits per heavy atom. The van der Waals surface area contributed by atoms with Crippen molar-refractivity contribution in [2.45, 2.75) is 6.18 Å². The molecule has 9 heteroatoms. The van der Waals surface area contributed by atoms with Crippen LogP contribution in [0.3, 0.4) is 0 Å². The normalized spacial score (nSPS) is 15.1. The van der Waals surface area contributed by atoms with E-state index >= 15 is 0 Å². The average molecular weight is 440 g/mol. The van der Waals surface area contributed by atoms with Crippen molar-refractivity contribution in [3.8, 4) is 5.75 Å². The summed E-state index contributed by atoms with van der Waals surface area (Å²) in [5.41, 5.74) is -0.0182. The number of rotatable bonds is 8. The number of hydrogen-bond donors (Lipinski definition) is 1. The van der Waals surface area contributed by atoms with Gasteiger partial charge in [-0.2, -0.15) is 13.2 Å². The van der Waals surface area contributed by atoms with E-state index in [9.17, 15) is 18.0 Å². The Hall–Kier alpha value is -2.39. The van der Waals surface area contributed by atoms with Crippen molar-refractivity contribution in [1.29, 1.82) is 0 Å². The highest BCUT2D eigenvalue weighted by Gasteiger charge is 2.31. The van der Waals surface area contributed by atoms with Gasteiger partial charge in [0.2, 0.25) is 0 Å². The second kappa shape index (κ2) is 10.6. The van der Waals surface area contributed by atoms with Crippen LogP contribution in [0.1, 0.15) is 5.56 Å². The number of hydrogen-bond acceptors (Lipinski definition) is 5. The lowest BCUT2D eigenvalue weighted by molar-refractivity contribution is -0.137. The quantitative estimate of drug-likeness (QED) is 0.502. The van der Waals surface area contributed by atoms with E-state index in [-0.39, 0.29) is 12.5 Å². The van der Waals surface area contributed by atoms with Gasteiger partial charge in [0.05, 0.1) is 5.56 Å². The van der Waals surface area contributed by atoms with E-state index in [2.05, 4.69) is 9.62 Å². The van der Waals surface area contributed by atoms with Gasteiger partial charge in [-0.05, 0) is 42.3 Å². The first-order chi connectivity index (χ1) is 14.4. The number of nitrogens with zero attached hydrogens (tertiary/aromatic N) is 2. The number of halogens is 3. The second-order valence-electron chi connectivity index (χ2n) is 6.85. The van der Waals surface area contributed by atoms with Crippen LogP contribution in [-0.4, -0.2) is 55.9 Å². The molecule has 30 heavy (non-hydrogen) atoms. The third-order valence-corrected chi connectivity index (χ3v) is 5.48. The molecular weight excluding hydrogens is 415 g/mol. The second-order valence-corrected chi connectivity index (χ2v) is 7.75. The Morgan fingerprint density at radius 1 is 1.03 bits per heavy atom. The molecule has 1 aliphatic rings. The molecule has 2 aromatic rings. The Kier molecular flexibility index (Phi) is 7.87. The average Bonchev–Trinajstić information content (AvgIpc) is 2.76. The van der Waals surface area contributed by atoms with Crippen molar-refractivity contribution in [3.63, 3.8) is 0 Å². The van der Waals surface area contributed by atoms with E-state index in [0.717, 1.165) is 31.5 Å². The lowest BCUT2D eigenvalue weighted by Gasteiger charge is -2.36. The summed E-state index contributed by atoms with van der Waals surface area (Å²) < 4.78 is 46.8. The molecule has 0 radical (unpaired) electrons. The number of alkyl halides is 3. The maximum absolute atomic E-state index is 12.9. The predicted molar refractivity (Wildman–Crippen MR) is 113 cm³/mol. The fourth-order valence-corrected chi connectivity index (χ4v) is 3.78.